The van der Waals surface area contributed by atoms with Crippen LogP contribution in [0, 0.1) is 11.2 Å². The monoisotopic (exact) mass is 281 g/mol. The summed E-state index contributed by atoms with van der Waals surface area (Å²) in [6, 6.07) is 3.84. The van der Waals surface area contributed by atoms with E-state index >= 15 is 0 Å². The molecule has 2 nitrogen and oxygen atoms in total. The molecule has 0 bridgehead atoms. The Kier molecular flexibility index (Phi) is 5.88. The van der Waals surface area contributed by atoms with E-state index < -0.39 is 23.4 Å². The van der Waals surface area contributed by atoms with Gasteiger partial charge in [-0.15, -0.1) is 12.4 Å². The first-order valence-electron chi connectivity index (χ1n) is 5.12. The first-order chi connectivity index (χ1) is 7.25. The normalized spacial score (nSPS) is 15.0. The van der Waals surface area contributed by atoms with Gasteiger partial charge in [-0.1, -0.05) is 44.5 Å². The van der Waals surface area contributed by atoms with Gasteiger partial charge in [-0.25, -0.2) is 4.39 Å². The third-order valence-corrected chi connectivity index (χ3v) is 2.86. The Bertz CT molecular complexity index is 379. The van der Waals surface area contributed by atoms with Crippen LogP contribution in [-0.4, -0.2) is 11.2 Å². The number of hydrogen-bond acceptors (Lipinski definition) is 2. The highest BCUT2D eigenvalue weighted by Crippen LogP contribution is 2.31. The molecule has 5 heteroatoms. The van der Waals surface area contributed by atoms with Gasteiger partial charge in [-0.3, -0.25) is 0 Å². The average Bonchev–Trinajstić information content (AvgIpc) is 2.18. The van der Waals surface area contributed by atoms with Crippen LogP contribution in [0.1, 0.15) is 32.4 Å². The van der Waals surface area contributed by atoms with Crippen LogP contribution in [0.15, 0.2) is 18.2 Å². The van der Waals surface area contributed by atoms with E-state index in [9.17, 15) is 9.50 Å². The highest BCUT2D eigenvalue weighted by atomic mass is 35.5. The van der Waals surface area contributed by atoms with Gasteiger partial charge in [0.2, 0.25) is 0 Å². The van der Waals surface area contributed by atoms with Gasteiger partial charge in [0.15, 0.2) is 0 Å². The smallest absolute Gasteiger partial charge is 0.146 e. The zero-order valence-corrected chi connectivity index (χ0v) is 11.6. The molecule has 0 amide bonds. The standard InChI is InChI=1S/C12H17ClFNO.ClH/c1-12(2,3)11(16)10(15)7-5-4-6-8(13)9(7)14;/h4-6,10-11,16H,15H2,1-3H3;1H/t10-,11-;/m1./s1. The molecule has 98 valence electrons. The van der Waals surface area contributed by atoms with Gasteiger partial charge in [0.25, 0.3) is 0 Å². The van der Waals surface area contributed by atoms with Crippen molar-refractivity contribution >= 4 is 24.0 Å². The zero-order chi connectivity index (χ0) is 12.5. The van der Waals surface area contributed by atoms with Crippen molar-refractivity contribution in [3.8, 4) is 0 Å². The molecule has 0 aliphatic carbocycles. The summed E-state index contributed by atoms with van der Waals surface area (Å²) in [5.41, 5.74) is 5.68. The molecule has 1 rings (SSSR count). The number of hydrogen-bond donors (Lipinski definition) is 2. The summed E-state index contributed by atoms with van der Waals surface area (Å²) in [7, 11) is 0. The van der Waals surface area contributed by atoms with E-state index in [0.717, 1.165) is 0 Å². The molecular weight excluding hydrogens is 264 g/mol. The minimum atomic E-state index is -0.833. The predicted octanol–water partition coefficient (Wildman–Crippen LogP) is 3.31. The zero-order valence-electron chi connectivity index (χ0n) is 10.1. The molecule has 2 atom stereocenters. The molecule has 1 aromatic rings. The van der Waals surface area contributed by atoms with Crippen LogP contribution < -0.4 is 5.73 Å². The van der Waals surface area contributed by atoms with E-state index in [2.05, 4.69) is 0 Å². The molecule has 0 spiro atoms. The third-order valence-electron chi connectivity index (χ3n) is 2.57. The highest BCUT2D eigenvalue weighted by Gasteiger charge is 2.30. The van der Waals surface area contributed by atoms with E-state index in [1.807, 2.05) is 20.8 Å². The van der Waals surface area contributed by atoms with Gasteiger partial charge in [-0.2, -0.15) is 0 Å². The van der Waals surface area contributed by atoms with E-state index in [1.165, 1.54) is 6.07 Å². The third kappa shape index (κ3) is 3.81. The topological polar surface area (TPSA) is 46.2 Å². The second kappa shape index (κ2) is 6.01. The van der Waals surface area contributed by atoms with Crippen molar-refractivity contribution in [3.05, 3.63) is 34.6 Å². The van der Waals surface area contributed by atoms with Crippen molar-refractivity contribution in [3.63, 3.8) is 0 Å². The Morgan fingerprint density at radius 3 is 2.35 bits per heavy atom. The number of rotatable bonds is 2. The summed E-state index contributed by atoms with van der Waals surface area (Å²) >= 11 is 5.66. The summed E-state index contributed by atoms with van der Waals surface area (Å²) in [5, 5.41) is 10.0. The molecule has 1 aromatic carbocycles. The SMILES string of the molecule is CC(C)(C)[C@H](O)[C@H](N)c1cccc(Cl)c1F.Cl. The van der Waals surface area contributed by atoms with Gasteiger partial charge >= 0.3 is 0 Å². The first-order valence-corrected chi connectivity index (χ1v) is 5.50. The molecule has 0 saturated carbocycles. The maximum Gasteiger partial charge on any atom is 0.146 e. The molecule has 0 heterocycles. The van der Waals surface area contributed by atoms with Crippen molar-refractivity contribution in [1.29, 1.82) is 0 Å². The van der Waals surface area contributed by atoms with Crippen LogP contribution in [0.3, 0.4) is 0 Å². The van der Waals surface area contributed by atoms with E-state index in [4.69, 9.17) is 17.3 Å². The summed E-state index contributed by atoms with van der Waals surface area (Å²) in [4.78, 5) is 0. The maximum absolute atomic E-state index is 13.7. The molecule has 17 heavy (non-hydrogen) atoms. The van der Waals surface area contributed by atoms with Crippen LogP contribution in [0.4, 0.5) is 4.39 Å². The molecule has 3 N–H and O–H groups in total. The lowest BCUT2D eigenvalue weighted by molar-refractivity contribution is 0.0391. The van der Waals surface area contributed by atoms with Crippen molar-refractivity contribution in [2.24, 2.45) is 11.1 Å². The number of halogens is 3. The quantitative estimate of drug-likeness (QED) is 0.874. The fourth-order valence-electron chi connectivity index (χ4n) is 1.49. The second-order valence-corrected chi connectivity index (χ2v) is 5.39. The predicted molar refractivity (Wildman–Crippen MR) is 71.0 cm³/mol. The van der Waals surface area contributed by atoms with Crippen LogP contribution >= 0.6 is 24.0 Å². The minimum Gasteiger partial charge on any atom is -0.391 e. The van der Waals surface area contributed by atoms with Crippen LogP contribution in [0.5, 0.6) is 0 Å². The van der Waals surface area contributed by atoms with Gasteiger partial charge in [-0.05, 0) is 11.5 Å². The first kappa shape index (κ1) is 16.6. The molecular formula is C12H18Cl2FNO. The lowest BCUT2D eigenvalue weighted by atomic mass is 9.82. The van der Waals surface area contributed by atoms with E-state index in [-0.39, 0.29) is 23.0 Å². The fraction of sp³-hybridized carbons (Fsp3) is 0.500. The van der Waals surface area contributed by atoms with Crippen molar-refractivity contribution < 1.29 is 9.50 Å². The maximum atomic E-state index is 13.7. The van der Waals surface area contributed by atoms with Crippen LogP contribution in [-0.2, 0) is 0 Å². The van der Waals surface area contributed by atoms with Gasteiger partial charge in [0, 0.05) is 5.56 Å². The largest absolute Gasteiger partial charge is 0.391 e. The van der Waals surface area contributed by atoms with Gasteiger partial charge in [0.1, 0.15) is 5.82 Å². The summed E-state index contributed by atoms with van der Waals surface area (Å²) in [5.74, 6) is -0.556. The number of aliphatic hydroxyl groups is 1. The fourth-order valence-corrected chi connectivity index (χ4v) is 1.67. The Balaban J connectivity index is 0.00000256. The highest BCUT2D eigenvalue weighted by molar-refractivity contribution is 6.30. The molecule has 0 saturated heterocycles. The van der Waals surface area contributed by atoms with E-state index in [0.29, 0.717) is 0 Å². The van der Waals surface area contributed by atoms with Gasteiger partial charge < -0.3 is 10.8 Å². The van der Waals surface area contributed by atoms with Gasteiger partial charge in [0.05, 0.1) is 17.2 Å². The summed E-state index contributed by atoms with van der Waals surface area (Å²) in [6.07, 6.45) is -0.833. The molecule has 0 aliphatic rings. The Labute approximate surface area is 112 Å². The molecule has 0 aliphatic heterocycles. The Hall–Kier alpha value is -0.350. The summed E-state index contributed by atoms with van der Waals surface area (Å²) < 4.78 is 13.7. The summed E-state index contributed by atoms with van der Waals surface area (Å²) in [6.45, 7) is 5.54. The molecule has 0 radical (unpaired) electrons. The Morgan fingerprint density at radius 1 is 1.35 bits per heavy atom. The number of nitrogens with two attached hydrogens (primary N) is 1. The lowest BCUT2D eigenvalue weighted by Crippen LogP contribution is -2.37. The van der Waals surface area contributed by atoms with Crippen LogP contribution in [0.2, 0.25) is 5.02 Å². The molecule has 0 fully saturated rings. The molecule has 0 unspecified atom stereocenters. The van der Waals surface area contributed by atoms with E-state index in [1.54, 1.807) is 12.1 Å². The average molecular weight is 282 g/mol. The number of aliphatic hydroxyl groups excluding tert-OH is 1. The lowest BCUT2D eigenvalue weighted by Gasteiger charge is -2.31. The molecule has 0 aromatic heterocycles. The van der Waals surface area contributed by atoms with Crippen molar-refractivity contribution in [1.82, 2.24) is 0 Å². The second-order valence-electron chi connectivity index (χ2n) is 4.98. The number of benzene rings is 1. The van der Waals surface area contributed by atoms with Crippen molar-refractivity contribution in [2.75, 3.05) is 0 Å². The van der Waals surface area contributed by atoms with Crippen LogP contribution in [0.25, 0.3) is 0 Å². The minimum absolute atomic E-state index is 0. The Morgan fingerprint density at radius 2 is 1.88 bits per heavy atom. The van der Waals surface area contributed by atoms with Crippen molar-refractivity contribution in [2.45, 2.75) is 32.9 Å².